The number of guanidine groups is 1. The molecule has 1 saturated heterocycles. The number of nitrogens with zero attached hydrogens (tertiary/aromatic N) is 2. The molecule has 1 aliphatic heterocycles. The van der Waals surface area contributed by atoms with E-state index in [0.29, 0.717) is 12.5 Å². The highest BCUT2D eigenvalue weighted by molar-refractivity contribution is 7.98. The van der Waals surface area contributed by atoms with E-state index >= 15 is 0 Å². The number of methoxy groups -OCH3 is 1. The van der Waals surface area contributed by atoms with Crippen LogP contribution in [0.3, 0.4) is 0 Å². The van der Waals surface area contributed by atoms with Gasteiger partial charge in [0.1, 0.15) is 0 Å². The highest BCUT2D eigenvalue weighted by atomic mass is 32.2. The largest absolute Gasteiger partial charge is 0.383 e. The minimum absolute atomic E-state index is 0.710. The lowest BCUT2D eigenvalue weighted by Gasteiger charge is -2.32. The lowest BCUT2D eigenvalue weighted by atomic mass is 9.97. The van der Waals surface area contributed by atoms with E-state index in [1.165, 1.54) is 42.0 Å². The molecule has 1 heterocycles. The lowest BCUT2D eigenvalue weighted by Crippen LogP contribution is -2.43. The fourth-order valence-electron chi connectivity index (χ4n) is 3.36. The van der Waals surface area contributed by atoms with Crippen molar-refractivity contribution in [1.82, 2.24) is 15.5 Å². The van der Waals surface area contributed by atoms with Crippen LogP contribution < -0.4 is 10.6 Å². The van der Waals surface area contributed by atoms with Crippen LogP contribution in [0.5, 0.6) is 0 Å². The summed E-state index contributed by atoms with van der Waals surface area (Å²) in [5.41, 5.74) is 2.59. The van der Waals surface area contributed by atoms with Gasteiger partial charge in [0.2, 0.25) is 0 Å². The van der Waals surface area contributed by atoms with Gasteiger partial charge in [-0.1, -0.05) is 12.1 Å². The Labute approximate surface area is 169 Å². The van der Waals surface area contributed by atoms with E-state index in [4.69, 9.17) is 9.73 Å². The topological polar surface area (TPSA) is 48.9 Å². The van der Waals surface area contributed by atoms with Gasteiger partial charge in [-0.05, 0) is 69.1 Å². The molecule has 152 valence electrons. The third kappa shape index (κ3) is 7.72. The van der Waals surface area contributed by atoms with Crippen LogP contribution >= 0.6 is 11.8 Å². The number of aryl methyl sites for hydroxylation is 1. The smallest absolute Gasteiger partial charge is 0.191 e. The predicted molar refractivity (Wildman–Crippen MR) is 117 cm³/mol. The van der Waals surface area contributed by atoms with Gasteiger partial charge < -0.3 is 20.3 Å². The monoisotopic (exact) mass is 392 g/mol. The Balaban J connectivity index is 1.84. The molecule has 2 rings (SSSR count). The van der Waals surface area contributed by atoms with Gasteiger partial charge in [-0.15, -0.1) is 11.8 Å². The number of ether oxygens (including phenoxy) is 1. The average molecular weight is 393 g/mol. The number of aliphatic imine (C=N–C) groups is 1. The Morgan fingerprint density at radius 3 is 2.74 bits per heavy atom. The predicted octanol–water partition coefficient (Wildman–Crippen LogP) is 3.13. The number of nitrogens with one attached hydrogen (secondary N) is 2. The molecule has 0 atom stereocenters. The Morgan fingerprint density at radius 2 is 2.07 bits per heavy atom. The molecule has 1 aromatic rings. The summed E-state index contributed by atoms with van der Waals surface area (Å²) in [4.78, 5) is 8.63. The zero-order valence-corrected chi connectivity index (χ0v) is 18.2. The number of benzene rings is 1. The standard InChI is InChI=1S/C21H36N4OS/c1-5-22-21(24-16-19-7-6-17(2)14-20(19)27-4)23-15-18-8-10-25(11-9-18)12-13-26-3/h6-7,14,18H,5,8-13,15-16H2,1-4H3,(H2,22,23,24). The molecule has 2 N–H and O–H groups in total. The molecule has 0 spiro atoms. The Morgan fingerprint density at radius 1 is 1.30 bits per heavy atom. The van der Waals surface area contributed by atoms with Gasteiger partial charge in [0.15, 0.2) is 5.96 Å². The maximum atomic E-state index is 5.18. The van der Waals surface area contributed by atoms with Crippen LogP contribution in [0.15, 0.2) is 28.1 Å². The summed E-state index contributed by atoms with van der Waals surface area (Å²) in [6.07, 6.45) is 4.61. The van der Waals surface area contributed by atoms with E-state index in [1.54, 1.807) is 18.9 Å². The van der Waals surface area contributed by atoms with Gasteiger partial charge in [-0.3, -0.25) is 0 Å². The van der Waals surface area contributed by atoms with E-state index in [0.717, 1.165) is 32.2 Å². The first-order valence-corrected chi connectivity index (χ1v) is 11.3. The van der Waals surface area contributed by atoms with Gasteiger partial charge >= 0.3 is 0 Å². The van der Waals surface area contributed by atoms with Gasteiger partial charge in [0.05, 0.1) is 13.2 Å². The molecule has 1 fully saturated rings. The van der Waals surface area contributed by atoms with Crippen molar-refractivity contribution in [2.75, 3.05) is 52.7 Å². The molecule has 0 radical (unpaired) electrons. The summed E-state index contributed by atoms with van der Waals surface area (Å²) >= 11 is 1.79. The number of likely N-dealkylation sites (tertiary alicyclic amines) is 1. The summed E-state index contributed by atoms with van der Waals surface area (Å²) in [6.45, 7) is 11.1. The molecule has 6 heteroatoms. The number of thioether (sulfide) groups is 1. The molecule has 1 aliphatic rings. The molecule has 1 aromatic carbocycles. The molecular weight excluding hydrogens is 356 g/mol. The molecule has 0 aliphatic carbocycles. The maximum Gasteiger partial charge on any atom is 0.191 e. The minimum atomic E-state index is 0.710. The lowest BCUT2D eigenvalue weighted by molar-refractivity contribution is 0.121. The van der Waals surface area contributed by atoms with Gasteiger partial charge in [0.25, 0.3) is 0 Å². The van der Waals surface area contributed by atoms with E-state index in [2.05, 4.69) is 53.8 Å². The third-order valence-electron chi connectivity index (χ3n) is 5.07. The summed E-state index contributed by atoms with van der Waals surface area (Å²) < 4.78 is 5.18. The van der Waals surface area contributed by atoms with E-state index in [9.17, 15) is 0 Å². The number of piperidine rings is 1. The van der Waals surface area contributed by atoms with Gasteiger partial charge in [0, 0.05) is 31.6 Å². The van der Waals surface area contributed by atoms with Crippen molar-refractivity contribution < 1.29 is 4.74 Å². The molecule has 0 aromatic heterocycles. The van der Waals surface area contributed by atoms with Crippen LogP contribution in [0.2, 0.25) is 0 Å². The van der Waals surface area contributed by atoms with Crippen LogP contribution in [-0.2, 0) is 11.3 Å². The van der Waals surface area contributed by atoms with Crippen molar-refractivity contribution in [3.8, 4) is 0 Å². The highest BCUT2D eigenvalue weighted by Crippen LogP contribution is 2.22. The highest BCUT2D eigenvalue weighted by Gasteiger charge is 2.19. The van der Waals surface area contributed by atoms with E-state index in [-0.39, 0.29) is 0 Å². The molecule has 5 nitrogen and oxygen atoms in total. The summed E-state index contributed by atoms with van der Waals surface area (Å²) in [5, 5.41) is 6.94. The van der Waals surface area contributed by atoms with Crippen LogP contribution in [0.25, 0.3) is 0 Å². The second kappa shape index (κ2) is 12.3. The van der Waals surface area contributed by atoms with Crippen molar-refractivity contribution in [2.24, 2.45) is 10.9 Å². The van der Waals surface area contributed by atoms with Crippen LogP contribution in [0.1, 0.15) is 30.9 Å². The Kier molecular flexibility index (Phi) is 10.0. The zero-order valence-electron chi connectivity index (χ0n) is 17.4. The summed E-state index contributed by atoms with van der Waals surface area (Å²) in [5.74, 6) is 1.64. The van der Waals surface area contributed by atoms with E-state index in [1.807, 2.05) is 0 Å². The van der Waals surface area contributed by atoms with Gasteiger partial charge in [-0.2, -0.15) is 0 Å². The van der Waals surface area contributed by atoms with Gasteiger partial charge in [-0.25, -0.2) is 4.99 Å². The SMILES string of the molecule is CCNC(=NCc1ccc(C)cc1SC)NCC1CCN(CCOC)CC1. The summed E-state index contributed by atoms with van der Waals surface area (Å²) in [7, 11) is 1.77. The molecule has 0 unspecified atom stereocenters. The quantitative estimate of drug-likeness (QED) is 0.384. The second-order valence-electron chi connectivity index (χ2n) is 7.17. The fraction of sp³-hybridized carbons (Fsp3) is 0.667. The van der Waals surface area contributed by atoms with E-state index < -0.39 is 0 Å². The number of hydrogen-bond donors (Lipinski definition) is 2. The van der Waals surface area contributed by atoms with Crippen molar-refractivity contribution in [2.45, 2.75) is 38.1 Å². The first-order chi connectivity index (χ1) is 13.2. The number of hydrogen-bond acceptors (Lipinski definition) is 4. The first-order valence-electron chi connectivity index (χ1n) is 10.0. The average Bonchev–Trinajstić information content (AvgIpc) is 2.69. The van der Waals surface area contributed by atoms with Crippen LogP contribution in [-0.4, -0.2) is 63.6 Å². The second-order valence-corrected chi connectivity index (χ2v) is 8.02. The minimum Gasteiger partial charge on any atom is -0.383 e. The molecule has 0 saturated carbocycles. The first kappa shape index (κ1) is 22.1. The number of rotatable bonds is 9. The van der Waals surface area contributed by atoms with Crippen molar-refractivity contribution in [3.63, 3.8) is 0 Å². The third-order valence-corrected chi connectivity index (χ3v) is 5.89. The maximum absolute atomic E-state index is 5.18. The van der Waals surface area contributed by atoms with Crippen LogP contribution in [0, 0.1) is 12.8 Å². The molecular formula is C21H36N4OS. The van der Waals surface area contributed by atoms with Crippen molar-refractivity contribution in [1.29, 1.82) is 0 Å². The van der Waals surface area contributed by atoms with Crippen molar-refractivity contribution in [3.05, 3.63) is 29.3 Å². The molecule has 0 amide bonds. The molecule has 0 bridgehead atoms. The summed E-state index contributed by atoms with van der Waals surface area (Å²) in [6, 6.07) is 6.61. The zero-order chi connectivity index (χ0) is 19.5. The van der Waals surface area contributed by atoms with Crippen molar-refractivity contribution >= 4 is 17.7 Å². The fourth-order valence-corrected chi connectivity index (χ4v) is 4.06. The normalized spacial score (nSPS) is 16.5. The molecule has 27 heavy (non-hydrogen) atoms. The van der Waals surface area contributed by atoms with Crippen LogP contribution in [0.4, 0.5) is 0 Å². The Bertz CT molecular complexity index is 586. The Hall–Kier alpha value is -1.24.